The van der Waals surface area contributed by atoms with E-state index in [0.29, 0.717) is 36.9 Å². The standard InChI is InChI=1S/C13H18FN3O2/c1-9-6-10(8-11(14)7-9)13(18)16-5-3-2-4-12(15)17-19/h6-8,19H,2-5H2,1H3,(H2,15,17)(H,16,18). The summed E-state index contributed by atoms with van der Waals surface area (Å²) in [5.74, 6) is -0.546. The van der Waals surface area contributed by atoms with Crippen molar-refractivity contribution in [3.63, 3.8) is 0 Å². The molecule has 0 aliphatic heterocycles. The Morgan fingerprint density at radius 2 is 2.16 bits per heavy atom. The molecule has 0 atom stereocenters. The highest BCUT2D eigenvalue weighted by molar-refractivity contribution is 5.94. The highest BCUT2D eigenvalue weighted by Crippen LogP contribution is 2.08. The number of oxime groups is 1. The van der Waals surface area contributed by atoms with Gasteiger partial charge in [0.2, 0.25) is 0 Å². The number of aryl methyl sites for hydroxylation is 1. The number of carbonyl (C=O) groups excluding carboxylic acids is 1. The van der Waals surface area contributed by atoms with E-state index in [1.165, 1.54) is 12.1 Å². The highest BCUT2D eigenvalue weighted by Gasteiger charge is 2.07. The van der Waals surface area contributed by atoms with Crippen LogP contribution in [0.1, 0.15) is 35.2 Å². The smallest absolute Gasteiger partial charge is 0.251 e. The maximum Gasteiger partial charge on any atom is 0.251 e. The number of unbranched alkanes of at least 4 members (excludes halogenated alkanes) is 1. The minimum atomic E-state index is -0.419. The molecule has 0 bridgehead atoms. The van der Waals surface area contributed by atoms with Crippen LogP contribution in [0.3, 0.4) is 0 Å². The first kappa shape index (κ1) is 14.9. The van der Waals surface area contributed by atoms with Gasteiger partial charge in [-0.2, -0.15) is 0 Å². The summed E-state index contributed by atoms with van der Waals surface area (Å²) in [6.45, 7) is 2.20. The first-order chi connectivity index (χ1) is 9.02. The quantitative estimate of drug-likeness (QED) is 0.241. The minimum Gasteiger partial charge on any atom is -0.409 e. The van der Waals surface area contributed by atoms with E-state index in [2.05, 4.69) is 10.5 Å². The van der Waals surface area contributed by atoms with Crippen LogP contribution in [-0.2, 0) is 0 Å². The van der Waals surface area contributed by atoms with Crippen LogP contribution >= 0.6 is 0 Å². The third-order valence-corrected chi connectivity index (χ3v) is 2.58. The van der Waals surface area contributed by atoms with Crippen LogP contribution in [0, 0.1) is 12.7 Å². The van der Waals surface area contributed by atoms with Gasteiger partial charge in [0.05, 0.1) is 0 Å². The zero-order chi connectivity index (χ0) is 14.3. The molecule has 4 N–H and O–H groups in total. The predicted molar refractivity (Wildman–Crippen MR) is 70.7 cm³/mol. The van der Waals surface area contributed by atoms with E-state index < -0.39 is 5.82 Å². The van der Waals surface area contributed by atoms with Crippen LogP contribution in [0.15, 0.2) is 23.4 Å². The second-order valence-corrected chi connectivity index (χ2v) is 4.32. The average molecular weight is 267 g/mol. The van der Waals surface area contributed by atoms with Crippen LogP contribution in [0.2, 0.25) is 0 Å². The largest absolute Gasteiger partial charge is 0.409 e. The lowest BCUT2D eigenvalue weighted by atomic mass is 10.1. The van der Waals surface area contributed by atoms with Gasteiger partial charge in [0.15, 0.2) is 0 Å². The summed E-state index contributed by atoms with van der Waals surface area (Å²) in [6.07, 6.45) is 1.89. The van der Waals surface area contributed by atoms with E-state index in [1.807, 2.05) is 0 Å². The van der Waals surface area contributed by atoms with Gasteiger partial charge in [-0.15, -0.1) is 0 Å². The maximum absolute atomic E-state index is 13.1. The Kier molecular flexibility index (Phi) is 5.78. The molecular weight excluding hydrogens is 249 g/mol. The van der Waals surface area contributed by atoms with Crippen molar-refractivity contribution in [1.29, 1.82) is 0 Å². The third kappa shape index (κ3) is 5.37. The maximum atomic E-state index is 13.1. The van der Waals surface area contributed by atoms with Gasteiger partial charge in [-0.1, -0.05) is 5.16 Å². The summed E-state index contributed by atoms with van der Waals surface area (Å²) >= 11 is 0. The Hall–Kier alpha value is -2.11. The molecule has 5 nitrogen and oxygen atoms in total. The van der Waals surface area contributed by atoms with Gasteiger partial charge in [0, 0.05) is 18.5 Å². The van der Waals surface area contributed by atoms with Crippen molar-refractivity contribution >= 4 is 11.7 Å². The van der Waals surface area contributed by atoms with Gasteiger partial charge in [-0.3, -0.25) is 4.79 Å². The number of nitrogens with two attached hydrogens (primary N) is 1. The highest BCUT2D eigenvalue weighted by atomic mass is 19.1. The minimum absolute atomic E-state index is 0.173. The number of amides is 1. The number of benzene rings is 1. The molecule has 0 saturated carbocycles. The van der Waals surface area contributed by atoms with E-state index in [-0.39, 0.29) is 11.7 Å². The fraction of sp³-hybridized carbons (Fsp3) is 0.385. The molecule has 1 aromatic carbocycles. The number of carbonyl (C=O) groups is 1. The third-order valence-electron chi connectivity index (χ3n) is 2.58. The molecule has 0 aliphatic rings. The van der Waals surface area contributed by atoms with Crippen molar-refractivity contribution in [1.82, 2.24) is 5.32 Å². The van der Waals surface area contributed by atoms with Crippen LogP contribution in [0.5, 0.6) is 0 Å². The predicted octanol–water partition coefficient (Wildman–Crippen LogP) is 1.78. The molecule has 0 fully saturated rings. The van der Waals surface area contributed by atoms with Gasteiger partial charge < -0.3 is 16.3 Å². The summed E-state index contributed by atoms with van der Waals surface area (Å²) in [5, 5.41) is 13.9. The number of hydrogen-bond acceptors (Lipinski definition) is 3. The molecule has 0 unspecified atom stereocenters. The normalized spacial score (nSPS) is 11.4. The van der Waals surface area contributed by atoms with E-state index in [1.54, 1.807) is 13.0 Å². The molecule has 1 amide bonds. The number of hydrogen-bond donors (Lipinski definition) is 3. The Morgan fingerprint density at radius 1 is 1.42 bits per heavy atom. The Bertz CT molecular complexity index is 455. The zero-order valence-electron chi connectivity index (χ0n) is 10.8. The summed E-state index contributed by atoms with van der Waals surface area (Å²) in [4.78, 5) is 11.7. The molecule has 0 aromatic heterocycles. The van der Waals surface area contributed by atoms with Gasteiger partial charge in [0.25, 0.3) is 5.91 Å². The summed E-state index contributed by atoms with van der Waals surface area (Å²) in [6, 6.07) is 4.21. The van der Waals surface area contributed by atoms with Gasteiger partial charge in [0.1, 0.15) is 11.7 Å². The lowest BCUT2D eigenvalue weighted by Crippen LogP contribution is -2.25. The molecule has 0 spiro atoms. The Labute approximate surface area is 111 Å². The van der Waals surface area contributed by atoms with Crippen LogP contribution in [0.4, 0.5) is 4.39 Å². The van der Waals surface area contributed by atoms with Gasteiger partial charge in [-0.05, 0) is 43.5 Å². The Balaban J connectivity index is 2.35. The van der Waals surface area contributed by atoms with Crippen molar-refractivity contribution in [3.05, 3.63) is 35.1 Å². The summed E-state index contributed by atoms with van der Waals surface area (Å²) in [7, 11) is 0. The second-order valence-electron chi connectivity index (χ2n) is 4.32. The van der Waals surface area contributed by atoms with Crippen LogP contribution in [-0.4, -0.2) is 23.5 Å². The lowest BCUT2D eigenvalue weighted by Gasteiger charge is -2.06. The van der Waals surface area contributed by atoms with Gasteiger partial charge in [-0.25, -0.2) is 4.39 Å². The number of amidine groups is 1. The molecule has 19 heavy (non-hydrogen) atoms. The first-order valence-electron chi connectivity index (χ1n) is 6.04. The second kappa shape index (κ2) is 7.35. The summed E-state index contributed by atoms with van der Waals surface area (Å²) < 4.78 is 13.1. The molecule has 104 valence electrons. The molecule has 1 rings (SSSR count). The molecule has 0 radical (unpaired) electrons. The first-order valence-corrected chi connectivity index (χ1v) is 6.04. The van der Waals surface area contributed by atoms with E-state index >= 15 is 0 Å². The molecule has 0 heterocycles. The van der Waals surface area contributed by atoms with Crippen molar-refractivity contribution in [3.8, 4) is 0 Å². The zero-order valence-corrected chi connectivity index (χ0v) is 10.8. The monoisotopic (exact) mass is 267 g/mol. The van der Waals surface area contributed by atoms with Crippen LogP contribution in [0.25, 0.3) is 0 Å². The molecular formula is C13H18FN3O2. The lowest BCUT2D eigenvalue weighted by molar-refractivity contribution is 0.0952. The molecule has 6 heteroatoms. The average Bonchev–Trinajstić information content (AvgIpc) is 2.36. The van der Waals surface area contributed by atoms with Gasteiger partial charge >= 0.3 is 0 Å². The fourth-order valence-corrected chi connectivity index (χ4v) is 1.65. The van der Waals surface area contributed by atoms with E-state index in [0.717, 1.165) is 0 Å². The van der Waals surface area contributed by atoms with E-state index in [9.17, 15) is 9.18 Å². The molecule has 1 aromatic rings. The van der Waals surface area contributed by atoms with Crippen molar-refractivity contribution in [2.75, 3.05) is 6.54 Å². The van der Waals surface area contributed by atoms with E-state index in [4.69, 9.17) is 10.9 Å². The summed E-state index contributed by atoms with van der Waals surface area (Å²) in [5.41, 5.74) is 6.33. The number of nitrogens with zero attached hydrogens (tertiary/aromatic N) is 1. The van der Waals surface area contributed by atoms with Crippen molar-refractivity contribution < 1.29 is 14.4 Å². The van der Waals surface area contributed by atoms with Crippen LogP contribution < -0.4 is 11.1 Å². The van der Waals surface area contributed by atoms with Crippen molar-refractivity contribution in [2.45, 2.75) is 26.2 Å². The van der Waals surface area contributed by atoms with Crippen molar-refractivity contribution in [2.24, 2.45) is 10.9 Å². The fourth-order valence-electron chi connectivity index (χ4n) is 1.65. The number of nitrogens with one attached hydrogen (secondary N) is 1. The SMILES string of the molecule is Cc1cc(F)cc(C(=O)NCCCC/C(N)=N/O)c1. The molecule has 0 aliphatic carbocycles. The number of halogens is 1. The Morgan fingerprint density at radius 3 is 2.79 bits per heavy atom. The molecule has 0 saturated heterocycles. The topological polar surface area (TPSA) is 87.7 Å². The number of rotatable bonds is 6.